The molecule has 0 fully saturated rings. The van der Waals surface area contributed by atoms with Crippen LogP contribution in [0.2, 0.25) is 0 Å². The maximum atomic E-state index is 11.6. The van der Waals surface area contributed by atoms with E-state index in [9.17, 15) is 9.90 Å². The molecule has 0 atom stereocenters. The molecule has 5 rings (SSSR count). The van der Waals surface area contributed by atoms with Gasteiger partial charge in [-0.15, -0.1) is 15.3 Å². The van der Waals surface area contributed by atoms with Crippen LogP contribution in [0.15, 0.2) is 72.8 Å². The van der Waals surface area contributed by atoms with E-state index in [0.717, 1.165) is 38.8 Å². The Balaban J connectivity index is 1.39. The number of hydrogen-bond acceptors (Lipinski definition) is 8. The van der Waals surface area contributed by atoms with E-state index < -0.39 is 5.97 Å². The fourth-order valence-electron chi connectivity index (χ4n) is 3.91. The summed E-state index contributed by atoms with van der Waals surface area (Å²) in [7, 11) is 0. The molecule has 36 heavy (non-hydrogen) atoms. The molecule has 0 bridgehead atoms. The number of aryl methyl sites for hydroxylation is 1. The number of anilines is 1. The highest BCUT2D eigenvalue weighted by Crippen LogP contribution is 2.31. The van der Waals surface area contributed by atoms with Crippen LogP contribution in [-0.2, 0) is 19.5 Å². The zero-order valence-corrected chi connectivity index (χ0v) is 20.3. The highest BCUT2D eigenvalue weighted by molar-refractivity contribution is 7.15. The van der Waals surface area contributed by atoms with Gasteiger partial charge in [0.15, 0.2) is 5.82 Å². The van der Waals surface area contributed by atoms with Gasteiger partial charge in [0.05, 0.1) is 12.1 Å². The zero-order chi connectivity index (χ0) is 24.9. The Labute approximate surface area is 211 Å². The van der Waals surface area contributed by atoms with Crippen molar-refractivity contribution in [2.75, 3.05) is 5.32 Å². The molecule has 3 aromatic carbocycles. The number of nitrogens with zero attached hydrogens (tertiary/aromatic N) is 6. The molecule has 0 spiro atoms. The molecule has 0 saturated carbocycles. The summed E-state index contributed by atoms with van der Waals surface area (Å²) in [5.74, 6) is -0.410. The standard InChI is InChI=1S/C26H23N7O2S/c1-2-23-28-30-26(36-23)27-15-17-11-13-18(14-12-17)20-8-5-6-10-22(20)24-29-31-32-33(24)16-19-7-3-4-9-21(19)25(34)35/h3-14H,2,15-16H2,1H3,(H,27,30)(H,34,35). The summed E-state index contributed by atoms with van der Waals surface area (Å²) >= 11 is 1.57. The monoisotopic (exact) mass is 497 g/mol. The van der Waals surface area contributed by atoms with Crippen molar-refractivity contribution in [2.45, 2.75) is 26.4 Å². The van der Waals surface area contributed by atoms with Gasteiger partial charge >= 0.3 is 5.97 Å². The molecular weight excluding hydrogens is 474 g/mol. The molecule has 0 saturated heterocycles. The average Bonchev–Trinajstić information content (AvgIpc) is 3.57. The van der Waals surface area contributed by atoms with Gasteiger partial charge < -0.3 is 10.4 Å². The van der Waals surface area contributed by atoms with Crippen molar-refractivity contribution in [3.8, 4) is 22.5 Å². The molecule has 2 aromatic heterocycles. The summed E-state index contributed by atoms with van der Waals surface area (Å²) in [4.78, 5) is 11.6. The number of carbonyl (C=O) groups is 1. The normalized spacial score (nSPS) is 10.9. The molecule has 0 aliphatic carbocycles. The third-order valence-electron chi connectivity index (χ3n) is 5.75. The quantitative estimate of drug-likeness (QED) is 0.299. The van der Waals surface area contributed by atoms with Gasteiger partial charge in [-0.25, -0.2) is 9.48 Å². The minimum Gasteiger partial charge on any atom is -0.478 e. The van der Waals surface area contributed by atoms with Gasteiger partial charge in [0.2, 0.25) is 5.13 Å². The first-order chi connectivity index (χ1) is 17.6. The fourth-order valence-corrected chi connectivity index (χ4v) is 4.58. The van der Waals surface area contributed by atoms with Gasteiger partial charge in [0.25, 0.3) is 0 Å². The molecule has 5 aromatic rings. The van der Waals surface area contributed by atoms with Gasteiger partial charge in [-0.3, -0.25) is 0 Å². The van der Waals surface area contributed by atoms with Gasteiger partial charge in [0.1, 0.15) is 5.01 Å². The van der Waals surface area contributed by atoms with Crippen molar-refractivity contribution in [3.05, 3.63) is 94.5 Å². The van der Waals surface area contributed by atoms with Crippen molar-refractivity contribution in [3.63, 3.8) is 0 Å². The first-order valence-electron chi connectivity index (χ1n) is 11.4. The van der Waals surface area contributed by atoms with Crippen LogP contribution in [-0.4, -0.2) is 41.5 Å². The third kappa shape index (κ3) is 4.98. The number of hydrogen-bond donors (Lipinski definition) is 2. The van der Waals surface area contributed by atoms with Crippen molar-refractivity contribution >= 4 is 22.4 Å². The topological polar surface area (TPSA) is 119 Å². The second kappa shape index (κ2) is 10.4. The predicted octanol–water partition coefficient (Wildman–Crippen LogP) is 4.78. The maximum absolute atomic E-state index is 11.6. The van der Waals surface area contributed by atoms with Gasteiger partial charge in [0, 0.05) is 12.1 Å². The second-order valence-electron chi connectivity index (χ2n) is 8.07. The van der Waals surface area contributed by atoms with E-state index in [1.54, 1.807) is 34.2 Å². The summed E-state index contributed by atoms with van der Waals surface area (Å²) in [5.41, 5.74) is 4.86. The lowest BCUT2D eigenvalue weighted by Crippen LogP contribution is -2.09. The average molecular weight is 498 g/mol. The Morgan fingerprint density at radius 3 is 2.44 bits per heavy atom. The van der Waals surface area contributed by atoms with Crippen LogP contribution in [0.5, 0.6) is 0 Å². The minimum atomic E-state index is -0.980. The summed E-state index contributed by atoms with van der Waals surface area (Å²) < 4.78 is 1.63. The Kier molecular flexibility index (Phi) is 6.76. The van der Waals surface area contributed by atoms with Crippen molar-refractivity contribution in [2.24, 2.45) is 0 Å². The summed E-state index contributed by atoms with van der Waals surface area (Å²) in [6.45, 7) is 2.96. The molecule has 9 nitrogen and oxygen atoms in total. The van der Waals surface area contributed by atoms with Gasteiger partial charge in [-0.2, -0.15) is 0 Å². The van der Waals surface area contributed by atoms with Gasteiger partial charge in [-0.05, 0) is 45.2 Å². The number of aromatic nitrogens is 6. The second-order valence-corrected chi connectivity index (χ2v) is 9.14. The third-order valence-corrected chi connectivity index (χ3v) is 6.77. The SMILES string of the molecule is CCc1nnc(NCc2ccc(-c3ccccc3-c3nnnn3Cc3ccccc3C(=O)O)cc2)s1. The van der Waals surface area contributed by atoms with Crippen LogP contribution < -0.4 is 5.32 Å². The first-order valence-corrected chi connectivity index (χ1v) is 12.3. The molecule has 0 aliphatic rings. The maximum Gasteiger partial charge on any atom is 0.336 e. The first kappa shape index (κ1) is 23.3. The van der Waals surface area contributed by atoms with Crippen molar-refractivity contribution in [1.82, 2.24) is 30.4 Å². The molecule has 10 heteroatoms. The lowest BCUT2D eigenvalue weighted by molar-refractivity contribution is 0.0695. The molecular formula is C26H23N7O2S. The van der Waals surface area contributed by atoms with E-state index in [2.05, 4.69) is 62.2 Å². The van der Waals surface area contributed by atoms with Crippen LogP contribution in [0.1, 0.15) is 33.4 Å². The lowest BCUT2D eigenvalue weighted by atomic mass is 9.98. The Bertz CT molecular complexity index is 1490. The van der Waals surface area contributed by atoms with Gasteiger partial charge in [-0.1, -0.05) is 85.0 Å². The van der Waals surface area contributed by atoms with Crippen molar-refractivity contribution < 1.29 is 9.90 Å². The van der Waals surface area contributed by atoms with Crippen LogP contribution in [0.3, 0.4) is 0 Å². The van der Waals surface area contributed by atoms with E-state index in [4.69, 9.17) is 0 Å². The number of nitrogens with one attached hydrogen (secondary N) is 1. The summed E-state index contributed by atoms with van der Waals surface area (Å²) in [5, 5.41) is 35.3. The number of aromatic carboxylic acids is 1. The van der Waals surface area contributed by atoms with Crippen LogP contribution >= 0.6 is 11.3 Å². The van der Waals surface area contributed by atoms with Crippen LogP contribution in [0.4, 0.5) is 5.13 Å². The Morgan fingerprint density at radius 1 is 0.944 bits per heavy atom. The molecule has 0 amide bonds. The molecule has 180 valence electrons. The smallest absolute Gasteiger partial charge is 0.336 e. The summed E-state index contributed by atoms with van der Waals surface area (Å²) in [6, 6.07) is 23.1. The number of carboxylic acid groups (broad SMARTS) is 1. The molecule has 0 radical (unpaired) electrons. The highest BCUT2D eigenvalue weighted by atomic mass is 32.1. The highest BCUT2D eigenvalue weighted by Gasteiger charge is 2.17. The number of carboxylic acids is 1. The number of tetrazole rings is 1. The van der Waals surface area contributed by atoms with E-state index in [1.807, 2.05) is 30.3 Å². The number of rotatable bonds is 9. The Morgan fingerprint density at radius 2 is 1.69 bits per heavy atom. The Hall–Kier alpha value is -4.44. The van der Waals surface area contributed by atoms with Crippen molar-refractivity contribution in [1.29, 1.82) is 0 Å². The molecule has 2 N–H and O–H groups in total. The van der Waals surface area contributed by atoms with E-state index in [-0.39, 0.29) is 12.1 Å². The predicted molar refractivity (Wildman–Crippen MR) is 138 cm³/mol. The van der Waals surface area contributed by atoms with Crippen LogP contribution in [0.25, 0.3) is 22.5 Å². The lowest BCUT2D eigenvalue weighted by Gasteiger charge is -2.12. The van der Waals surface area contributed by atoms with Crippen LogP contribution in [0, 0.1) is 0 Å². The fraction of sp³-hybridized carbons (Fsp3) is 0.154. The zero-order valence-electron chi connectivity index (χ0n) is 19.5. The van der Waals surface area contributed by atoms with E-state index in [0.29, 0.717) is 17.9 Å². The minimum absolute atomic E-state index is 0.232. The number of benzene rings is 3. The van der Waals surface area contributed by atoms with E-state index in [1.165, 1.54) is 0 Å². The summed E-state index contributed by atoms with van der Waals surface area (Å²) in [6.07, 6.45) is 0.878. The molecule has 2 heterocycles. The molecule has 0 unspecified atom stereocenters. The largest absolute Gasteiger partial charge is 0.478 e. The molecule has 0 aliphatic heterocycles. The van der Waals surface area contributed by atoms with E-state index >= 15 is 0 Å².